The first kappa shape index (κ1) is 35.6. The Morgan fingerprint density at radius 1 is 0.696 bits per heavy atom. The topological polar surface area (TPSA) is 49.4 Å². The fourth-order valence-corrected chi connectivity index (χ4v) is 11.1. The van der Waals surface area contributed by atoms with Gasteiger partial charge in [-0.15, -0.1) is 0 Å². The molecule has 0 N–H and O–H groups in total. The lowest BCUT2D eigenvalue weighted by molar-refractivity contribution is 0.0948. The van der Waals surface area contributed by atoms with Crippen LogP contribution in [0.25, 0.3) is 28.0 Å². The van der Waals surface area contributed by atoms with Gasteiger partial charge in [-0.25, -0.2) is 0 Å². The number of nitrogens with zero attached hydrogens (tertiary/aromatic N) is 1. The fraction of sp³-hybridized carbons (Fsp3) is 0.400. The normalized spacial score (nSPS) is 21.7. The van der Waals surface area contributed by atoms with Crippen LogP contribution in [0, 0.1) is 5.41 Å². The number of methoxy groups -OCH3 is 2. The first-order chi connectivity index (χ1) is 27.6. The van der Waals surface area contributed by atoms with Crippen molar-refractivity contribution >= 4 is 22.5 Å². The molecule has 2 heterocycles. The standard InChI is InChI=1S/C50H53NO5/c1-52-32-33-55-39-18-19-40-43(34-39)47-42(46-45(40)41-8-4-5-9-44(41)49(46)26-24-48(25-27-49)21-6-3-7-22-48)20-23-50(56-47,36-12-16-38(53-2)17-13-36)35-10-14-37(15-11-35)51-28-30-54-31-29-51/h4-5,8-20,23,34H,3,6-7,21-22,24-33H2,1-2H3. The zero-order valence-electron chi connectivity index (χ0n) is 32.9. The van der Waals surface area contributed by atoms with E-state index in [0.717, 1.165) is 60.1 Å². The van der Waals surface area contributed by atoms with Crippen molar-refractivity contribution in [2.75, 3.05) is 58.6 Å². The van der Waals surface area contributed by atoms with Gasteiger partial charge in [0.2, 0.25) is 0 Å². The highest BCUT2D eigenvalue weighted by Gasteiger charge is 2.52. The molecular formula is C50H53NO5. The quantitative estimate of drug-likeness (QED) is 0.147. The molecule has 3 aliphatic carbocycles. The van der Waals surface area contributed by atoms with Crippen LogP contribution < -0.4 is 19.1 Å². The first-order valence-corrected chi connectivity index (χ1v) is 20.9. The number of hydrogen-bond donors (Lipinski definition) is 0. The van der Waals surface area contributed by atoms with E-state index in [0.29, 0.717) is 18.6 Å². The van der Waals surface area contributed by atoms with Gasteiger partial charge in [-0.3, -0.25) is 0 Å². The number of ether oxygens (including phenoxy) is 5. The minimum absolute atomic E-state index is 0.0614. The van der Waals surface area contributed by atoms with Gasteiger partial charge in [0, 0.05) is 53.4 Å². The molecule has 0 radical (unpaired) electrons. The molecule has 6 heteroatoms. The van der Waals surface area contributed by atoms with Gasteiger partial charge in [0.1, 0.15) is 23.9 Å². The summed E-state index contributed by atoms with van der Waals surface area (Å²) < 4.78 is 30.7. The lowest BCUT2D eigenvalue weighted by atomic mass is 9.56. The van der Waals surface area contributed by atoms with Crippen molar-refractivity contribution in [3.8, 4) is 28.4 Å². The first-order valence-electron chi connectivity index (χ1n) is 20.9. The fourth-order valence-electron chi connectivity index (χ4n) is 11.1. The van der Waals surface area contributed by atoms with Crippen molar-refractivity contribution in [1.29, 1.82) is 0 Å². The molecule has 1 unspecified atom stereocenters. The highest BCUT2D eigenvalue weighted by Crippen LogP contribution is 2.65. The van der Waals surface area contributed by atoms with Crippen LogP contribution in [-0.2, 0) is 20.5 Å². The maximum atomic E-state index is 7.77. The van der Waals surface area contributed by atoms with Gasteiger partial charge in [0.25, 0.3) is 0 Å². The second kappa shape index (κ2) is 14.3. The zero-order chi connectivity index (χ0) is 37.7. The van der Waals surface area contributed by atoms with E-state index in [-0.39, 0.29) is 5.41 Å². The Hall–Kier alpha value is -4.78. The van der Waals surface area contributed by atoms with Crippen LogP contribution in [0.4, 0.5) is 5.69 Å². The molecule has 1 saturated heterocycles. The van der Waals surface area contributed by atoms with Crippen LogP contribution in [0.3, 0.4) is 0 Å². The summed E-state index contributed by atoms with van der Waals surface area (Å²) in [5.41, 5.74) is 9.81. The van der Waals surface area contributed by atoms with E-state index in [9.17, 15) is 0 Å². The molecule has 0 amide bonds. The maximum Gasteiger partial charge on any atom is 0.178 e. The number of fused-ring (bicyclic) bond motifs is 10. The smallest absolute Gasteiger partial charge is 0.178 e. The lowest BCUT2D eigenvalue weighted by Crippen LogP contribution is -2.39. The molecule has 1 atom stereocenters. The van der Waals surface area contributed by atoms with Crippen LogP contribution in [0.1, 0.15) is 85.6 Å². The number of anilines is 1. The predicted molar refractivity (Wildman–Crippen MR) is 224 cm³/mol. The van der Waals surface area contributed by atoms with Gasteiger partial charge in [-0.05, 0) is 120 Å². The van der Waals surface area contributed by atoms with Crippen molar-refractivity contribution in [2.45, 2.75) is 68.8 Å². The Labute approximate surface area is 331 Å². The molecule has 5 aliphatic rings. The molecule has 0 aromatic heterocycles. The highest BCUT2D eigenvalue weighted by atomic mass is 16.5. The van der Waals surface area contributed by atoms with E-state index in [1.807, 2.05) is 12.1 Å². The third-order valence-corrected chi connectivity index (χ3v) is 14.0. The van der Waals surface area contributed by atoms with Gasteiger partial charge >= 0.3 is 0 Å². The number of hydrogen-bond acceptors (Lipinski definition) is 6. The average Bonchev–Trinajstić information content (AvgIpc) is 3.55. The third kappa shape index (κ3) is 5.74. The van der Waals surface area contributed by atoms with Gasteiger partial charge in [-0.2, -0.15) is 0 Å². The van der Waals surface area contributed by atoms with E-state index in [1.165, 1.54) is 96.7 Å². The monoisotopic (exact) mass is 747 g/mol. The van der Waals surface area contributed by atoms with Gasteiger partial charge in [0.15, 0.2) is 5.60 Å². The summed E-state index contributed by atoms with van der Waals surface area (Å²) in [6.45, 7) is 4.29. The number of benzene rings is 5. The summed E-state index contributed by atoms with van der Waals surface area (Å²) in [4.78, 5) is 2.40. The second-order valence-corrected chi connectivity index (χ2v) is 16.8. The Morgan fingerprint density at radius 3 is 2.14 bits per heavy atom. The maximum absolute atomic E-state index is 7.77. The lowest BCUT2D eigenvalue weighted by Gasteiger charge is -2.48. The molecule has 6 nitrogen and oxygen atoms in total. The van der Waals surface area contributed by atoms with Crippen LogP contribution in [0.15, 0.2) is 97.1 Å². The minimum Gasteiger partial charge on any atom is -0.497 e. The van der Waals surface area contributed by atoms with Gasteiger partial charge < -0.3 is 28.6 Å². The summed E-state index contributed by atoms with van der Waals surface area (Å²) in [5, 5.41) is 2.30. The van der Waals surface area contributed by atoms with Gasteiger partial charge in [-0.1, -0.05) is 73.9 Å². The molecule has 288 valence electrons. The van der Waals surface area contributed by atoms with Crippen molar-refractivity contribution < 1.29 is 23.7 Å². The Balaban J connectivity index is 1.18. The SMILES string of the molecule is COCCOc1ccc2c3c(c4c(c2c1)OC(c1ccc(OC)cc1)(c1ccc(N2CCOCC2)cc1)C=C4)C1(CCC2(CCCCC2)CC1)c1ccccc1-3. The van der Waals surface area contributed by atoms with E-state index >= 15 is 0 Å². The minimum atomic E-state index is -0.881. The Morgan fingerprint density at radius 2 is 1.41 bits per heavy atom. The molecule has 2 saturated carbocycles. The molecule has 56 heavy (non-hydrogen) atoms. The Bertz CT molecular complexity index is 2250. The van der Waals surface area contributed by atoms with Crippen molar-refractivity contribution in [2.24, 2.45) is 5.41 Å². The number of rotatable bonds is 8. The molecule has 5 aromatic rings. The molecule has 10 rings (SSSR count). The zero-order valence-corrected chi connectivity index (χ0v) is 32.9. The van der Waals surface area contributed by atoms with E-state index in [1.54, 1.807) is 14.2 Å². The van der Waals surface area contributed by atoms with Crippen LogP contribution in [0.5, 0.6) is 17.2 Å². The van der Waals surface area contributed by atoms with Crippen LogP contribution >= 0.6 is 0 Å². The van der Waals surface area contributed by atoms with E-state index in [4.69, 9.17) is 23.7 Å². The third-order valence-electron chi connectivity index (χ3n) is 14.0. The summed E-state index contributed by atoms with van der Waals surface area (Å²) >= 11 is 0. The molecule has 0 bridgehead atoms. The van der Waals surface area contributed by atoms with Crippen LogP contribution in [-0.4, -0.2) is 53.7 Å². The van der Waals surface area contributed by atoms with Crippen molar-refractivity contribution in [3.05, 3.63) is 125 Å². The molecular weight excluding hydrogens is 695 g/mol. The summed E-state index contributed by atoms with van der Waals surface area (Å²) in [5.74, 6) is 2.56. The molecule has 3 fully saturated rings. The largest absolute Gasteiger partial charge is 0.497 e. The number of morpholine rings is 1. The summed E-state index contributed by atoms with van der Waals surface area (Å²) in [6, 6.07) is 33.3. The van der Waals surface area contributed by atoms with Gasteiger partial charge in [0.05, 0.1) is 26.9 Å². The van der Waals surface area contributed by atoms with Crippen molar-refractivity contribution in [1.82, 2.24) is 0 Å². The Kier molecular flexibility index (Phi) is 9.10. The average molecular weight is 748 g/mol. The summed E-state index contributed by atoms with van der Waals surface area (Å²) in [6.07, 6.45) is 16.6. The molecule has 2 aliphatic heterocycles. The molecule has 5 aromatic carbocycles. The second-order valence-electron chi connectivity index (χ2n) is 16.8. The summed E-state index contributed by atoms with van der Waals surface area (Å²) in [7, 11) is 3.43. The predicted octanol–water partition coefficient (Wildman–Crippen LogP) is 10.9. The van der Waals surface area contributed by atoms with Crippen molar-refractivity contribution in [3.63, 3.8) is 0 Å². The molecule has 2 spiro atoms. The highest BCUT2D eigenvalue weighted by molar-refractivity contribution is 6.09. The van der Waals surface area contributed by atoms with E-state index < -0.39 is 5.60 Å². The van der Waals surface area contributed by atoms with E-state index in [2.05, 4.69) is 95.9 Å². The van der Waals surface area contributed by atoms with Crippen LogP contribution in [0.2, 0.25) is 0 Å².